The number of carbonyl (C=O) groups is 2. The number of aliphatic imine (C=N–C) groups is 1. The smallest absolute Gasteiger partial charge is 0.272 e. The molecule has 0 aliphatic carbocycles. The lowest BCUT2D eigenvalue weighted by Gasteiger charge is -2.36. The second-order valence-electron chi connectivity index (χ2n) is 7.87. The molecule has 0 atom stereocenters. The third-order valence-corrected chi connectivity index (χ3v) is 6.31. The summed E-state index contributed by atoms with van der Waals surface area (Å²) in [6, 6.07) is 15.7. The molecule has 2 aromatic rings. The van der Waals surface area contributed by atoms with Crippen LogP contribution in [0.1, 0.15) is 24.0 Å². The Hall–Kier alpha value is -2.64. The predicted molar refractivity (Wildman–Crippen MR) is 121 cm³/mol. The van der Waals surface area contributed by atoms with Gasteiger partial charge < -0.3 is 10.6 Å². The lowest BCUT2D eigenvalue weighted by Crippen LogP contribution is -2.52. The topological polar surface area (TPSA) is 73.8 Å². The molecule has 2 aliphatic rings. The SMILES string of the molecule is CSc1cccc(NC(=O)CN2CCC3(CC2)N=C(c2cccc(C)c2)C(=O)N3)c1. The molecule has 30 heavy (non-hydrogen) atoms. The van der Waals surface area contributed by atoms with Gasteiger partial charge in [-0.2, -0.15) is 0 Å². The van der Waals surface area contributed by atoms with Crippen molar-refractivity contribution in [3.63, 3.8) is 0 Å². The summed E-state index contributed by atoms with van der Waals surface area (Å²) in [6.07, 6.45) is 3.41. The third kappa shape index (κ3) is 4.57. The molecule has 7 heteroatoms. The van der Waals surface area contributed by atoms with Crippen LogP contribution in [0.4, 0.5) is 5.69 Å². The van der Waals surface area contributed by atoms with Crippen molar-refractivity contribution in [2.75, 3.05) is 31.2 Å². The summed E-state index contributed by atoms with van der Waals surface area (Å²) in [4.78, 5) is 33.0. The summed E-state index contributed by atoms with van der Waals surface area (Å²) in [7, 11) is 0. The first-order valence-electron chi connectivity index (χ1n) is 10.1. The third-order valence-electron chi connectivity index (χ3n) is 5.58. The second-order valence-corrected chi connectivity index (χ2v) is 8.75. The van der Waals surface area contributed by atoms with Crippen molar-refractivity contribution in [1.82, 2.24) is 10.2 Å². The number of hydrogen-bond acceptors (Lipinski definition) is 5. The highest BCUT2D eigenvalue weighted by atomic mass is 32.2. The van der Waals surface area contributed by atoms with Gasteiger partial charge in [-0.3, -0.25) is 19.5 Å². The second kappa shape index (κ2) is 8.62. The van der Waals surface area contributed by atoms with E-state index in [4.69, 9.17) is 4.99 Å². The highest BCUT2D eigenvalue weighted by Gasteiger charge is 2.42. The Morgan fingerprint density at radius 1 is 1.20 bits per heavy atom. The van der Waals surface area contributed by atoms with Gasteiger partial charge in [0.25, 0.3) is 5.91 Å². The van der Waals surface area contributed by atoms with E-state index in [2.05, 4.69) is 15.5 Å². The van der Waals surface area contributed by atoms with Crippen LogP contribution in [-0.4, -0.2) is 54.0 Å². The summed E-state index contributed by atoms with van der Waals surface area (Å²) in [5, 5.41) is 6.07. The van der Waals surface area contributed by atoms with Crippen molar-refractivity contribution >= 4 is 35.0 Å². The lowest BCUT2D eigenvalue weighted by atomic mass is 9.98. The predicted octanol–water partition coefficient (Wildman–Crippen LogP) is 3.07. The minimum Gasteiger partial charge on any atom is -0.326 e. The van der Waals surface area contributed by atoms with E-state index in [0.717, 1.165) is 21.7 Å². The van der Waals surface area contributed by atoms with Crippen molar-refractivity contribution in [1.29, 1.82) is 0 Å². The normalized spacial score (nSPS) is 18.2. The van der Waals surface area contributed by atoms with Gasteiger partial charge in [-0.15, -0.1) is 11.8 Å². The largest absolute Gasteiger partial charge is 0.326 e. The number of amides is 2. The van der Waals surface area contributed by atoms with Crippen LogP contribution in [0.25, 0.3) is 0 Å². The number of nitrogens with zero attached hydrogens (tertiary/aromatic N) is 2. The van der Waals surface area contributed by atoms with Crippen LogP contribution in [0, 0.1) is 6.92 Å². The maximum Gasteiger partial charge on any atom is 0.272 e. The minimum atomic E-state index is -0.546. The van der Waals surface area contributed by atoms with E-state index in [0.29, 0.717) is 38.2 Å². The van der Waals surface area contributed by atoms with Gasteiger partial charge in [-0.05, 0) is 37.4 Å². The Balaban J connectivity index is 1.35. The summed E-state index contributed by atoms with van der Waals surface area (Å²) < 4.78 is 0. The molecule has 1 saturated heterocycles. The number of hydrogen-bond donors (Lipinski definition) is 2. The van der Waals surface area contributed by atoms with Gasteiger partial charge in [0.15, 0.2) is 0 Å². The molecule has 0 radical (unpaired) electrons. The van der Waals surface area contributed by atoms with Gasteiger partial charge in [0.1, 0.15) is 11.4 Å². The first kappa shape index (κ1) is 20.6. The summed E-state index contributed by atoms with van der Waals surface area (Å²) in [5.74, 6) is -0.135. The van der Waals surface area contributed by atoms with Crippen LogP contribution in [-0.2, 0) is 9.59 Å². The summed E-state index contributed by atoms with van der Waals surface area (Å²) >= 11 is 1.65. The van der Waals surface area contributed by atoms with Crippen LogP contribution in [0.15, 0.2) is 58.4 Å². The van der Waals surface area contributed by atoms with Crippen LogP contribution in [0.5, 0.6) is 0 Å². The van der Waals surface area contributed by atoms with Crippen LogP contribution < -0.4 is 10.6 Å². The average molecular weight is 423 g/mol. The molecule has 2 amide bonds. The Bertz CT molecular complexity index is 996. The quantitative estimate of drug-likeness (QED) is 0.727. The molecular weight excluding hydrogens is 396 g/mol. The Morgan fingerprint density at radius 2 is 1.97 bits per heavy atom. The van der Waals surface area contributed by atoms with Gasteiger partial charge >= 0.3 is 0 Å². The first-order valence-corrected chi connectivity index (χ1v) is 11.3. The zero-order chi connectivity index (χ0) is 21.1. The molecule has 2 aliphatic heterocycles. The zero-order valence-electron chi connectivity index (χ0n) is 17.3. The molecule has 6 nitrogen and oxygen atoms in total. The molecule has 2 heterocycles. The van der Waals surface area contributed by atoms with Gasteiger partial charge in [0.2, 0.25) is 5.91 Å². The molecule has 4 rings (SSSR count). The monoisotopic (exact) mass is 422 g/mol. The van der Waals surface area contributed by atoms with E-state index in [-0.39, 0.29) is 11.8 Å². The molecule has 2 N–H and O–H groups in total. The van der Waals surface area contributed by atoms with E-state index in [9.17, 15) is 9.59 Å². The maximum atomic E-state index is 12.6. The fraction of sp³-hybridized carbons (Fsp3) is 0.348. The molecule has 2 aromatic carbocycles. The number of benzene rings is 2. The van der Waals surface area contributed by atoms with Crippen molar-refractivity contribution in [3.05, 3.63) is 59.7 Å². The fourth-order valence-electron chi connectivity index (χ4n) is 3.97. The number of aryl methyl sites for hydroxylation is 1. The zero-order valence-corrected chi connectivity index (χ0v) is 18.1. The summed E-state index contributed by atoms with van der Waals surface area (Å²) in [6.45, 7) is 3.77. The molecule has 1 spiro atoms. The molecular formula is C23H26N4O2S. The first-order chi connectivity index (χ1) is 14.5. The number of rotatable bonds is 5. The van der Waals surface area contributed by atoms with Crippen LogP contribution in [0.2, 0.25) is 0 Å². The number of anilines is 1. The Labute approximate surface area is 181 Å². The van der Waals surface area contributed by atoms with E-state index in [1.807, 2.05) is 61.7 Å². The molecule has 0 unspecified atom stereocenters. The molecule has 156 valence electrons. The Kier molecular flexibility index (Phi) is 5.92. The van der Waals surface area contributed by atoms with Gasteiger partial charge in [0.05, 0.1) is 6.54 Å². The average Bonchev–Trinajstić information content (AvgIpc) is 3.06. The van der Waals surface area contributed by atoms with E-state index in [1.165, 1.54) is 0 Å². The standard InChI is InChI=1S/C23H26N4O2S/c1-16-5-3-6-17(13-16)21-22(29)26-23(25-21)9-11-27(12-10-23)15-20(28)24-18-7-4-8-19(14-18)30-2/h3-8,13-14H,9-12,15H2,1-2H3,(H,24,28)(H,26,29). The van der Waals surface area contributed by atoms with Crippen molar-refractivity contribution in [3.8, 4) is 0 Å². The van der Waals surface area contributed by atoms with E-state index in [1.54, 1.807) is 11.8 Å². The van der Waals surface area contributed by atoms with Gasteiger partial charge in [-0.25, -0.2) is 0 Å². The maximum absolute atomic E-state index is 12.6. The van der Waals surface area contributed by atoms with Crippen molar-refractivity contribution in [2.45, 2.75) is 30.3 Å². The van der Waals surface area contributed by atoms with E-state index >= 15 is 0 Å². The fourth-order valence-corrected chi connectivity index (χ4v) is 4.43. The number of likely N-dealkylation sites (tertiary alicyclic amines) is 1. The summed E-state index contributed by atoms with van der Waals surface area (Å²) in [5.41, 5.74) is 2.75. The minimum absolute atomic E-state index is 0.0244. The van der Waals surface area contributed by atoms with Crippen LogP contribution >= 0.6 is 11.8 Å². The van der Waals surface area contributed by atoms with Crippen molar-refractivity contribution in [2.24, 2.45) is 4.99 Å². The number of piperidine rings is 1. The lowest BCUT2D eigenvalue weighted by molar-refractivity contribution is -0.119. The van der Waals surface area contributed by atoms with Gasteiger partial charge in [0, 0.05) is 42.1 Å². The van der Waals surface area contributed by atoms with E-state index < -0.39 is 5.66 Å². The molecule has 0 aromatic heterocycles. The molecule has 0 saturated carbocycles. The molecule has 1 fully saturated rings. The Morgan fingerprint density at radius 3 is 2.70 bits per heavy atom. The number of carbonyl (C=O) groups excluding carboxylic acids is 2. The number of thioether (sulfide) groups is 1. The van der Waals surface area contributed by atoms with Gasteiger partial charge in [-0.1, -0.05) is 29.8 Å². The highest BCUT2D eigenvalue weighted by molar-refractivity contribution is 7.98. The van der Waals surface area contributed by atoms with Crippen LogP contribution in [0.3, 0.4) is 0 Å². The highest BCUT2D eigenvalue weighted by Crippen LogP contribution is 2.29. The molecule has 0 bridgehead atoms. The van der Waals surface area contributed by atoms with Crippen molar-refractivity contribution < 1.29 is 9.59 Å². The number of nitrogens with one attached hydrogen (secondary N) is 2.